The summed E-state index contributed by atoms with van der Waals surface area (Å²) in [6, 6.07) is 59.6. The summed E-state index contributed by atoms with van der Waals surface area (Å²) in [6.45, 7) is 0. The highest BCUT2D eigenvalue weighted by Crippen LogP contribution is 2.31. The molecule has 2 nitrogen and oxygen atoms in total. The zero-order valence-corrected chi connectivity index (χ0v) is 25.8. The van der Waals surface area contributed by atoms with Crippen LogP contribution in [0.1, 0.15) is 0 Å². The molecule has 7 rings (SSSR count). The van der Waals surface area contributed by atoms with Gasteiger partial charge in [0.2, 0.25) is 0 Å². The Kier molecular flexibility index (Phi) is 7.72. The van der Waals surface area contributed by atoms with Crippen LogP contribution in [-0.2, 0) is 0 Å². The molecule has 0 N–H and O–H groups in total. The number of halogens is 1. The number of aromatic nitrogens is 2. The van der Waals surface area contributed by atoms with Gasteiger partial charge in [-0.05, 0) is 32.9 Å². The van der Waals surface area contributed by atoms with Crippen LogP contribution in [-0.4, -0.2) is 18.0 Å². The molecule has 0 aliphatic carbocycles. The van der Waals surface area contributed by atoms with E-state index in [9.17, 15) is 0 Å². The molecule has 6 aromatic carbocycles. The Morgan fingerprint density at radius 1 is 0.409 bits per heavy atom. The van der Waals surface area contributed by atoms with E-state index < -0.39 is 8.07 Å². The largest absolute Gasteiger partial charge is 0.252 e. The van der Waals surface area contributed by atoms with E-state index >= 15 is 0 Å². The second-order valence-corrected chi connectivity index (χ2v) is 15.0. The molecular formula is C40H29ClN2Si. The maximum absolute atomic E-state index is 6.65. The fourth-order valence-corrected chi connectivity index (χ4v) is 11.2. The summed E-state index contributed by atoms with van der Waals surface area (Å²) in [5, 5.41) is 5.87. The van der Waals surface area contributed by atoms with Crippen LogP contribution in [0.3, 0.4) is 0 Å². The van der Waals surface area contributed by atoms with Crippen molar-refractivity contribution in [2.45, 2.75) is 0 Å². The van der Waals surface area contributed by atoms with Gasteiger partial charge in [0.15, 0.2) is 8.07 Å². The van der Waals surface area contributed by atoms with Crippen molar-refractivity contribution in [2.24, 2.45) is 0 Å². The van der Waals surface area contributed by atoms with E-state index in [1.54, 1.807) is 0 Å². The Bertz CT molecular complexity index is 1960. The molecule has 0 aliphatic rings. The SMILES string of the molecule is Clc1cccc([Si](c2ccccc2)(c2ccccc2)c2ccc(-c3cnc(-c4ccccc4)c(-c4ccccc4)n3)cc2)c1. The van der Waals surface area contributed by atoms with Gasteiger partial charge in [-0.15, -0.1) is 0 Å². The normalized spacial score (nSPS) is 11.3. The van der Waals surface area contributed by atoms with Gasteiger partial charge >= 0.3 is 0 Å². The molecular weight excluding hydrogens is 572 g/mol. The summed E-state index contributed by atoms with van der Waals surface area (Å²) < 4.78 is 0. The van der Waals surface area contributed by atoms with Crippen molar-refractivity contribution in [3.05, 3.63) is 181 Å². The molecule has 0 saturated carbocycles. The zero-order chi connectivity index (χ0) is 29.8. The van der Waals surface area contributed by atoms with Gasteiger partial charge in [-0.25, -0.2) is 4.98 Å². The lowest BCUT2D eigenvalue weighted by Crippen LogP contribution is -2.74. The topological polar surface area (TPSA) is 25.8 Å². The van der Waals surface area contributed by atoms with Crippen molar-refractivity contribution < 1.29 is 0 Å². The van der Waals surface area contributed by atoms with E-state index in [4.69, 9.17) is 21.6 Å². The first kappa shape index (κ1) is 27.7. The lowest BCUT2D eigenvalue weighted by molar-refractivity contribution is 1.21. The minimum absolute atomic E-state index is 0.741. The Morgan fingerprint density at radius 3 is 1.43 bits per heavy atom. The Hall–Kier alpha value is -5.09. The molecule has 0 amide bonds. The maximum atomic E-state index is 6.65. The number of rotatable bonds is 7. The predicted molar refractivity (Wildman–Crippen MR) is 187 cm³/mol. The average Bonchev–Trinajstić information content (AvgIpc) is 3.10. The Balaban J connectivity index is 1.40. The molecule has 7 aromatic rings. The molecule has 1 aromatic heterocycles. The molecule has 44 heavy (non-hydrogen) atoms. The van der Waals surface area contributed by atoms with Crippen LogP contribution < -0.4 is 20.7 Å². The third-order valence-corrected chi connectivity index (χ3v) is 13.2. The fraction of sp³-hybridized carbons (Fsp3) is 0. The summed E-state index contributed by atoms with van der Waals surface area (Å²) in [6.07, 6.45) is 1.89. The Labute approximate surface area is 264 Å². The highest BCUT2D eigenvalue weighted by atomic mass is 35.5. The summed E-state index contributed by atoms with van der Waals surface area (Å²) in [7, 11) is -2.69. The van der Waals surface area contributed by atoms with E-state index in [1.807, 2.05) is 48.7 Å². The fourth-order valence-electron chi connectivity index (χ4n) is 6.12. The molecule has 0 radical (unpaired) electrons. The standard InChI is InChI=1S/C40H29ClN2Si/c41-33-18-13-23-37(28-33)44(34-19-9-3-10-20-34,35-21-11-4-12-22-35)36-26-24-30(25-27-36)38-29-42-39(31-14-5-1-6-15-31)40(43-38)32-16-7-2-8-17-32/h1-29H. The first-order valence-corrected chi connectivity index (χ1v) is 17.1. The molecule has 0 spiro atoms. The summed E-state index contributed by atoms with van der Waals surface area (Å²) in [4.78, 5) is 10.2. The minimum atomic E-state index is -2.69. The third kappa shape index (κ3) is 5.17. The Morgan fingerprint density at radius 2 is 0.886 bits per heavy atom. The predicted octanol–water partition coefficient (Wildman–Crippen LogP) is 7.51. The molecule has 210 valence electrons. The maximum Gasteiger partial charge on any atom is 0.179 e. The first-order valence-electron chi connectivity index (χ1n) is 14.7. The van der Waals surface area contributed by atoms with Crippen molar-refractivity contribution >= 4 is 40.4 Å². The van der Waals surface area contributed by atoms with Crippen molar-refractivity contribution in [3.8, 4) is 33.8 Å². The molecule has 0 fully saturated rings. The number of nitrogens with zero attached hydrogens (tertiary/aromatic N) is 2. The summed E-state index contributed by atoms with van der Waals surface area (Å²) >= 11 is 6.65. The molecule has 0 bridgehead atoms. The van der Waals surface area contributed by atoms with Crippen molar-refractivity contribution in [1.29, 1.82) is 0 Å². The van der Waals surface area contributed by atoms with Gasteiger partial charge in [-0.3, -0.25) is 4.98 Å². The van der Waals surface area contributed by atoms with Gasteiger partial charge in [-0.1, -0.05) is 169 Å². The van der Waals surface area contributed by atoms with Crippen LogP contribution in [0, 0.1) is 0 Å². The first-order chi connectivity index (χ1) is 21.7. The van der Waals surface area contributed by atoms with Crippen LogP contribution in [0.2, 0.25) is 5.02 Å². The van der Waals surface area contributed by atoms with Crippen LogP contribution in [0.25, 0.3) is 33.8 Å². The smallest absolute Gasteiger partial charge is 0.179 e. The molecule has 0 unspecified atom stereocenters. The lowest BCUT2D eigenvalue weighted by atomic mass is 10.0. The van der Waals surface area contributed by atoms with E-state index in [0.717, 1.165) is 38.8 Å². The molecule has 1 heterocycles. The van der Waals surface area contributed by atoms with E-state index in [-0.39, 0.29) is 0 Å². The number of hydrogen-bond acceptors (Lipinski definition) is 2. The van der Waals surface area contributed by atoms with Gasteiger partial charge in [-0.2, -0.15) is 0 Å². The summed E-state index contributed by atoms with van der Waals surface area (Å²) in [5.74, 6) is 0. The van der Waals surface area contributed by atoms with Gasteiger partial charge in [0, 0.05) is 21.7 Å². The van der Waals surface area contributed by atoms with Crippen LogP contribution in [0.15, 0.2) is 176 Å². The van der Waals surface area contributed by atoms with E-state index in [2.05, 4.69) is 127 Å². The second kappa shape index (κ2) is 12.3. The monoisotopic (exact) mass is 600 g/mol. The quantitative estimate of drug-likeness (QED) is 0.140. The number of benzene rings is 6. The lowest BCUT2D eigenvalue weighted by Gasteiger charge is -2.34. The van der Waals surface area contributed by atoms with Gasteiger partial charge in [0.05, 0.1) is 23.3 Å². The third-order valence-electron chi connectivity index (χ3n) is 8.15. The van der Waals surface area contributed by atoms with Crippen LogP contribution >= 0.6 is 11.6 Å². The van der Waals surface area contributed by atoms with Gasteiger partial charge < -0.3 is 0 Å². The van der Waals surface area contributed by atoms with Crippen molar-refractivity contribution in [3.63, 3.8) is 0 Å². The highest BCUT2D eigenvalue weighted by molar-refractivity contribution is 7.19. The van der Waals surface area contributed by atoms with Crippen molar-refractivity contribution in [2.75, 3.05) is 0 Å². The molecule has 4 heteroatoms. The summed E-state index contributed by atoms with van der Waals surface area (Å²) in [5.41, 5.74) is 5.69. The number of hydrogen-bond donors (Lipinski definition) is 0. The molecule has 0 atom stereocenters. The van der Waals surface area contributed by atoms with Gasteiger partial charge in [0.1, 0.15) is 0 Å². The van der Waals surface area contributed by atoms with Crippen LogP contribution in [0.5, 0.6) is 0 Å². The van der Waals surface area contributed by atoms with Gasteiger partial charge in [0.25, 0.3) is 0 Å². The average molecular weight is 601 g/mol. The second-order valence-electron chi connectivity index (χ2n) is 10.8. The van der Waals surface area contributed by atoms with E-state index in [1.165, 1.54) is 20.7 Å². The zero-order valence-electron chi connectivity index (χ0n) is 24.0. The molecule has 0 aliphatic heterocycles. The van der Waals surface area contributed by atoms with E-state index in [0.29, 0.717) is 0 Å². The van der Waals surface area contributed by atoms with Crippen LogP contribution in [0.4, 0.5) is 0 Å². The highest BCUT2D eigenvalue weighted by Gasteiger charge is 2.41. The minimum Gasteiger partial charge on any atom is -0.252 e. The van der Waals surface area contributed by atoms with Crippen molar-refractivity contribution in [1.82, 2.24) is 9.97 Å². The molecule has 0 saturated heterocycles.